The Morgan fingerprint density at radius 3 is 2.93 bits per heavy atom. The Morgan fingerprint density at radius 1 is 1.40 bits per heavy atom. The van der Waals surface area contributed by atoms with Crippen molar-refractivity contribution in [3.05, 3.63) is 29.3 Å². The van der Waals surface area contributed by atoms with Gasteiger partial charge >= 0.3 is 0 Å². The lowest BCUT2D eigenvalue weighted by Crippen LogP contribution is -2.15. The van der Waals surface area contributed by atoms with Gasteiger partial charge in [-0.05, 0) is 50.2 Å². The van der Waals surface area contributed by atoms with Crippen molar-refractivity contribution in [2.75, 3.05) is 20.7 Å². The molecular formula is C12H16ClNO. The third-order valence-electron chi connectivity index (χ3n) is 2.66. The monoisotopic (exact) mass is 225 g/mol. The van der Waals surface area contributed by atoms with Crippen LogP contribution in [0, 0.1) is 0 Å². The maximum Gasteiger partial charge on any atom is 0.122 e. The number of rotatable bonds is 2. The van der Waals surface area contributed by atoms with Crippen LogP contribution in [0.15, 0.2) is 18.2 Å². The normalized spacial score (nSPS) is 17.1. The van der Waals surface area contributed by atoms with E-state index in [2.05, 4.69) is 6.07 Å². The van der Waals surface area contributed by atoms with Gasteiger partial charge in [0.2, 0.25) is 0 Å². The van der Waals surface area contributed by atoms with Gasteiger partial charge < -0.3 is 4.74 Å². The highest BCUT2D eigenvalue weighted by molar-refractivity contribution is 6.20. The van der Waals surface area contributed by atoms with Crippen molar-refractivity contribution in [3.8, 4) is 5.75 Å². The fraction of sp³-hybridized carbons (Fsp3) is 0.500. The molecule has 82 valence electrons. The maximum atomic E-state index is 6.27. The maximum absolute atomic E-state index is 6.27. The van der Waals surface area contributed by atoms with Crippen LogP contribution in [-0.4, -0.2) is 25.6 Å². The Morgan fingerprint density at radius 2 is 2.20 bits per heavy atom. The van der Waals surface area contributed by atoms with Gasteiger partial charge in [-0.1, -0.05) is 6.07 Å². The van der Waals surface area contributed by atoms with Crippen molar-refractivity contribution in [1.29, 1.82) is 0 Å². The van der Waals surface area contributed by atoms with Crippen LogP contribution in [0.25, 0.3) is 0 Å². The highest BCUT2D eigenvalue weighted by Crippen LogP contribution is 2.30. The SMILES string of the molecule is CN(C)C(Cl)c1ccc2c(c1)CCCO2. The molecule has 1 unspecified atom stereocenters. The van der Waals surface area contributed by atoms with E-state index in [0.29, 0.717) is 0 Å². The van der Waals surface area contributed by atoms with Crippen molar-refractivity contribution < 1.29 is 4.74 Å². The molecule has 0 saturated heterocycles. The van der Waals surface area contributed by atoms with Crippen molar-refractivity contribution >= 4 is 11.6 Å². The Bertz CT molecular complexity index is 351. The van der Waals surface area contributed by atoms with E-state index in [-0.39, 0.29) is 5.50 Å². The first-order chi connectivity index (χ1) is 7.18. The molecule has 2 rings (SSSR count). The van der Waals surface area contributed by atoms with Gasteiger partial charge in [-0.2, -0.15) is 0 Å². The molecule has 0 bridgehead atoms. The minimum Gasteiger partial charge on any atom is -0.493 e. The first kappa shape index (κ1) is 10.8. The van der Waals surface area contributed by atoms with Gasteiger partial charge in [0.1, 0.15) is 11.3 Å². The van der Waals surface area contributed by atoms with E-state index in [0.717, 1.165) is 30.8 Å². The van der Waals surface area contributed by atoms with Crippen LogP contribution in [-0.2, 0) is 6.42 Å². The second kappa shape index (κ2) is 4.42. The number of ether oxygens (including phenoxy) is 1. The number of halogens is 1. The summed E-state index contributed by atoms with van der Waals surface area (Å²) < 4.78 is 5.56. The summed E-state index contributed by atoms with van der Waals surface area (Å²) in [4.78, 5) is 1.99. The molecule has 0 radical (unpaired) electrons. The predicted octanol–water partition coefficient (Wildman–Crippen LogP) is 2.81. The third-order valence-corrected chi connectivity index (χ3v) is 3.30. The molecule has 0 aromatic heterocycles. The van der Waals surface area contributed by atoms with Gasteiger partial charge in [0, 0.05) is 0 Å². The molecule has 1 aromatic rings. The molecule has 2 nitrogen and oxygen atoms in total. The van der Waals surface area contributed by atoms with E-state index in [4.69, 9.17) is 16.3 Å². The number of hydrogen-bond acceptors (Lipinski definition) is 2. The molecule has 1 atom stereocenters. The number of aryl methyl sites for hydroxylation is 1. The third kappa shape index (κ3) is 2.27. The van der Waals surface area contributed by atoms with Crippen LogP contribution >= 0.6 is 11.6 Å². The summed E-state index contributed by atoms with van der Waals surface area (Å²) in [5, 5.41) is 0. The largest absolute Gasteiger partial charge is 0.493 e. The zero-order chi connectivity index (χ0) is 10.8. The van der Waals surface area contributed by atoms with Crippen LogP contribution in [0.3, 0.4) is 0 Å². The summed E-state index contributed by atoms with van der Waals surface area (Å²) in [5.41, 5.74) is 2.37. The van der Waals surface area contributed by atoms with Gasteiger partial charge in [-0.3, -0.25) is 4.90 Å². The van der Waals surface area contributed by atoms with Crippen molar-refractivity contribution in [1.82, 2.24) is 4.90 Å². The number of fused-ring (bicyclic) bond motifs is 1. The van der Waals surface area contributed by atoms with Crippen LogP contribution in [0.1, 0.15) is 23.0 Å². The van der Waals surface area contributed by atoms with Gasteiger partial charge in [-0.15, -0.1) is 11.6 Å². The fourth-order valence-corrected chi connectivity index (χ4v) is 1.96. The van der Waals surface area contributed by atoms with Gasteiger partial charge in [0.15, 0.2) is 0 Å². The lowest BCUT2D eigenvalue weighted by molar-refractivity contribution is 0.287. The van der Waals surface area contributed by atoms with E-state index in [1.54, 1.807) is 0 Å². The minimum atomic E-state index is -0.0581. The molecule has 3 heteroatoms. The highest BCUT2D eigenvalue weighted by Gasteiger charge is 2.15. The molecule has 0 N–H and O–H groups in total. The van der Waals surface area contributed by atoms with E-state index in [1.807, 2.05) is 31.1 Å². The Kier molecular flexibility index (Phi) is 3.17. The average Bonchev–Trinajstić information content (AvgIpc) is 2.27. The second-order valence-corrected chi connectivity index (χ2v) is 4.53. The number of hydrogen-bond donors (Lipinski definition) is 0. The predicted molar refractivity (Wildman–Crippen MR) is 62.5 cm³/mol. The Hall–Kier alpha value is -0.730. The van der Waals surface area contributed by atoms with Crippen LogP contribution in [0.4, 0.5) is 0 Å². The smallest absolute Gasteiger partial charge is 0.122 e. The Labute approximate surface area is 95.8 Å². The molecule has 0 amide bonds. The van der Waals surface area contributed by atoms with Crippen molar-refractivity contribution in [2.24, 2.45) is 0 Å². The quantitative estimate of drug-likeness (QED) is 0.567. The van der Waals surface area contributed by atoms with E-state index in [1.165, 1.54) is 5.56 Å². The molecule has 1 aliphatic rings. The van der Waals surface area contributed by atoms with Crippen molar-refractivity contribution in [3.63, 3.8) is 0 Å². The zero-order valence-electron chi connectivity index (χ0n) is 9.16. The molecule has 15 heavy (non-hydrogen) atoms. The number of benzene rings is 1. The van der Waals surface area contributed by atoms with Crippen LogP contribution in [0.2, 0.25) is 0 Å². The number of nitrogens with zero attached hydrogens (tertiary/aromatic N) is 1. The minimum absolute atomic E-state index is 0.0581. The van der Waals surface area contributed by atoms with Gasteiger partial charge in [-0.25, -0.2) is 0 Å². The zero-order valence-corrected chi connectivity index (χ0v) is 9.92. The lowest BCUT2D eigenvalue weighted by Gasteiger charge is -2.22. The first-order valence-corrected chi connectivity index (χ1v) is 5.68. The summed E-state index contributed by atoms with van der Waals surface area (Å²) in [6.07, 6.45) is 2.20. The first-order valence-electron chi connectivity index (χ1n) is 5.24. The molecule has 0 aliphatic carbocycles. The standard InChI is InChI=1S/C12H16ClNO/c1-14(2)12(13)10-5-6-11-9(8-10)4-3-7-15-11/h5-6,8,12H,3-4,7H2,1-2H3. The molecule has 1 aliphatic heterocycles. The topological polar surface area (TPSA) is 12.5 Å². The van der Waals surface area contributed by atoms with E-state index < -0.39 is 0 Å². The Balaban J connectivity index is 2.27. The average molecular weight is 226 g/mol. The highest BCUT2D eigenvalue weighted by atomic mass is 35.5. The van der Waals surface area contributed by atoms with Crippen molar-refractivity contribution in [2.45, 2.75) is 18.3 Å². The summed E-state index contributed by atoms with van der Waals surface area (Å²) in [6.45, 7) is 0.838. The molecule has 0 fully saturated rings. The van der Waals surface area contributed by atoms with E-state index in [9.17, 15) is 0 Å². The summed E-state index contributed by atoms with van der Waals surface area (Å²) in [7, 11) is 3.96. The number of alkyl halides is 1. The molecule has 1 aromatic carbocycles. The summed E-state index contributed by atoms with van der Waals surface area (Å²) in [5.74, 6) is 1.02. The fourth-order valence-electron chi connectivity index (χ4n) is 1.83. The molecule has 0 saturated carbocycles. The van der Waals surface area contributed by atoms with Gasteiger partial charge in [0.05, 0.1) is 6.61 Å². The van der Waals surface area contributed by atoms with Gasteiger partial charge in [0.25, 0.3) is 0 Å². The van der Waals surface area contributed by atoms with E-state index >= 15 is 0 Å². The lowest BCUT2D eigenvalue weighted by atomic mass is 10.0. The van der Waals surface area contributed by atoms with Crippen LogP contribution < -0.4 is 4.74 Å². The summed E-state index contributed by atoms with van der Waals surface area (Å²) >= 11 is 6.27. The molecule has 1 heterocycles. The summed E-state index contributed by atoms with van der Waals surface area (Å²) in [6, 6.07) is 6.23. The van der Waals surface area contributed by atoms with Crippen LogP contribution in [0.5, 0.6) is 5.75 Å². The molecular weight excluding hydrogens is 210 g/mol. The molecule has 0 spiro atoms. The second-order valence-electron chi connectivity index (χ2n) is 4.12.